The van der Waals surface area contributed by atoms with E-state index in [1.807, 2.05) is 0 Å². The normalized spacial score (nSPS) is 48.8. The van der Waals surface area contributed by atoms with Gasteiger partial charge in [0, 0.05) is 9.65 Å². The van der Waals surface area contributed by atoms with Crippen LogP contribution in [-0.2, 0) is 9.84 Å². The third kappa shape index (κ3) is 1.61. The van der Waals surface area contributed by atoms with Crippen molar-refractivity contribution in [2.45, 2.75) is 45.8 Å². The molecule has 2 fully saturated rings. The summed E-state index contributed by atoms with van der Waals surface area (Å²) in [5.41, 5.74) is 0. The van der Waals surface area contributed by atoms with E-state index in [-0.39, 0.29) is 15.3 Å². The molecule has 0 saturated carbocycles. The molecule has 0 aromatic heterocycles. The number of alkyl halides is 2. The first-order valence-corrected chi connectivity index (χ1v) is 7.98. The number of hydrogen-bond donors (Lipinski definition) is 0. The molecule has 0 unspecified atom stereocenters. The van der Waals surface area contributed by atoms with E-state index in [9.17, 15) is 8.42 Å². The second-order valence-electron chi connectivity index (χ2n) is 3.86. The lowest BCUT2D eigenvalue weighted by Crippen LogP contribution is -2.31. The summed E-state index contributed by atoms with van der Waals surface area (Å²) in [5, 5.41) is -0.204. The Balaban J connectivity index is 2.37. The van der Waals surface area contributed by atoms with Gasteiger partial charge in [0.25, 0.3) is 0 Å². The lowest BCUT2D eigenvalue weighted by atomic mass is 10.0. The van der Waals surface area contributed by atoms with Crippen LogP contribution in [0.4, 0.5) is 0 Å². The van der Waals surface area contributed by atoms with Crippen LogP contribution in [0.25, 0.3) is 0 Å². The standard InChI is InChI=1S/C8H12Br2O2S/c9-6-3-1-5-2-4-7(8(6)10)13(5,11)12/h5-8H,1-4H2/t5-,6+,7+,8-/m0/s1. The van der Waals surface area contributed by atoms with Crippen LogP contribution in [-0.4, -0.2) is 28.6 Å². The third-order valence-corrected chi connectivity index (χ3v) is 9.26. The molecule has 4 atom stereocenters. The Bertz CT molecular complexity index is 301. The predicted octanol–water partition coefficient (Wildman–Crippen LogP) is 2.25. The first-order valence-electron chi connectivity index (χ1n) is 4.54. The number of sulfone groups is 1. The maximum atomic E-state index is 11.9. The summed E-state index contributed by atoms with van der Waals surface area (Å²) in [6.45, 7) is 0. The largest absolute Gasteiger partial charge is 0.228 e. The molecule has 76 valence electrons. The van der Waals surface area contributed by atoms with Gasteiger partial charge in [-0.05, 0) is 25.7 Å². The number of hydrogen-bond acceptors (Lipinski definition) is 2. The molecule has 2 heterocycles. The van der Waals surface area contributed by atoms with E-state index in [0.29, 0.717) is 4.83 Å². The topological polar surface area (TPSA) is 34.1 Å². The summed E-state index contributed by atoms with van der Waals surface area (Å²) < 4.78 is 23.8. The molecule has 5 heteroatoms. The second kappa shape index (κ2) is 3.49. The van der Waals surface area contributed by atoms with Gasteiger partial charge < -0.3 is 0 Å². The second-order valence-corrected chi connectivity index (χ2v) is 8.55. The van der Waals surface area contributed by atoms with Crippen molar-refractivity contribution in [2.75, 3.05) is 0 Å². The minimum Gasteiger partial charge on any atom is -0.228 e. The fourth-order valence-corrected chi connectivity index (χ4v) is 7.02. The van der Waals surface area contributed by atoms with E-state index < -0.39 is 9.84 Å². The van der Waals surface area contributed by atoms with Crippen LogP contribution >= 0.6 is 31.9 Å². The molecular formula is C8H12Br2O2S. The highest BCUT2D eigenvalue weighted by Gasteiger charge is 2.48. The molecule has 2 saturated heterocycles. The van der Waals surface area contributed by atoms with Crippen LogP contribution in [0.2, 0.25) is 0 Å². The van der Waals surface area contributed by atoms with E-state index in [0.717, 1.165) is 25.7 Å². The molecule has 2 aliphatic heterocycles. The zero-order valence-corrected chi connectivity index (χ0v) is 11.1. The fourth-order valence-electron chi connectivity index (χ4n) is 2.31. The SMILES string of the molecule is O=S1(=O)[C@H]2CC[C@@H](Br)[C@H](Br)[C@H]1CC2. The maximum Gasteiger partial charge on any atom is 0.157 e. The molecule has 2 bridgehead atoms. The summed E-state index contributed by atoms with van der Waals surface area (Å²) in [7, 11) is -2.82. The molecule has 2 aliphatic rings. The molecule has 2 nitrogen and oxygen atoms in total. The van der Waals surface area contributed by atoms with Crippen molar-refractivity contribution in [3.05, 3.63) is 0 Å². The van der Waals surface area contributed by atoms with Gasteiger partial charge in [-0.15, -0.1) is 0 Å². The Hall–Kier alpha value is 0.910. The highest BCUT2D eigenvalue weighted by Crippen LogP contribution is 2.41. The van der Waals surface area contributed by atoms with Gasteiger partial charge in [-0.2, -0.15) is 0 Å². The van der Waals surface area contributed by atoms with Crippen molar-refractivity contribution in [1.82, 2.24) is 0 Å². The van der Waals surface area contributed by atoms with Gasteiger partial charge >= 0.3 is 0 Å². The number of rotatable bonds is 0. The van der Waals surface area contributed by atoms with Gasteiger partial charge in [0.05, 0.1) is 10.5 Å². The van der Waals surface area contributed by atoms with Crippen LogP contribution < -0.4 is 0 Å². The number of halogens is 2. The van der Waals surface area contributed by atoms with Crippen molar-refractivity contribution >= 4 is 41.7 Å². The summed E-state index contributed by atoms with van der Waals surface area (Å²) in [6.07, 6.45) is 3.51. The quantitative estimate of drug-likeness (QED) is 0.638. The Morgan fingerprint density at radius 3 is 2.31 bits per heavy atom. The Morgan fingerprint density at radius 1 is 1.00 bits per heavy atom. The monoisotopic (exact) mass is 330 g/mol. The third-order valence-electron chi connectivity index (χ3n) is 3.12. The Kier molecular flexibility index (Phi) is 2.80. The van der Waals surface area contributed by atoms with Crippen molar-refractivity contribution in [3.63, 3.8) is 0 Å². The van der Waals surface area contributed by atoms with Gasteiger partial charge in [0.2, 0.25) is 0 Å². The Morgan fingerprint density at radius 2 is 1.62 bits per heavy atom. The fraction of sp³-hybridized carbons (Fsp3) is 1.00. The molecule has 0 radical (unpaired) electrons. The van der Waals surface area contributed by atoms with E-state index in [4.69, 9.17) is 0 Å². The summed E-state index contributed by atoms with van der Waals surface area (Å²) >= 11 is 7.05. The van der Waals surface area contributed by atoms with Crippen molar-refractivity contribution in [3.8, 4) is 0 Å². The van der Waals surface area contributed by atoms with Crippen LogP contribution in [0.15, 0.2) is 0 Å². The van der Waals surface area contributed by atoms with E-state index in [1.165, 1.54) is 0 Å². The lowest BCUT2D eigenvalue weighted by molar-refractivity contribution is 0.579. The first kappa shape index (κ1) is 10.4. The van der Waals surface area contributed by atoms with Gasteiger partial charge in [0.15, 0.2) is 9.84 Å². The smallest absolute Gasteiger partial charge is 0.157 e. The average Bonchev–Trinajstić information content (AvgIpc) is 2.30. The summed E-state index contributed by atoms with van der Waals surface area (Å²) in [6, 6.07) is 0. The molecule has 0 N–H and O–H groups in total. The Labute approximate surface area is 95.6 Å². The van der Waals surface area contributed by atoms with Crippen molar-refractivity contribution in [1.29, 1.82) is 0 Å². The predicted molar refractivity (Wildman–Crippen MR) is 60.4 cm³/mol. The molecule has 0 aromatic rings. The molecule has 2 rings (SSSR count). The molecular weight excluding hydrogens is 320 g/mol. The molecule has 13 heavy (non-hydrogen) atoms. The van der Waals surface area contributed by atoms with Crippen LogP contribution in [0, 0.1) is 0 Å². The highest BCUT2D eigenvalue weighted by molar-refractivity contribution is 9.12. The zero-order valence-electron chi connectivity index (χ0n) is 7.12. The van der Waals surface area contributed by atoms with Crippen molar-refractivity contribution in [2.24, 2.45) is 0 Å². The van der Waals surface area contributed by atoms with E-state index in [2.05, 4.69) is 31.9 Å². The summed E-state index contributed by atoms with van der Waals surface area (Å²) in [5.74, 6) is 0. The van der Waals surface area contributed by atoms with Crippen LogP contribution in [0.1, 0.15) is 25.7 Å². The molecule has 0 aromatic carbocycles. The van der Waals surface area contributed by atoms with E-state index in [1.54, 1.807) is 0 Å². The van der Waals surface area contributed by atoms with Crippen LogP contribution in [0.5, 0.6) is 0 Å². The van der Waals surface area contributed by atoms with Gasteiger partial charge in [-0.25, -0.2) is 8.42 Å². The maximum absolute atomic E-state index is 11.9. The van der Waals surface area contributed by atoms with Crippen LogP contribution in [0.3, 0.4) is 0 Å². The molecule has 0 spiro atoms. The van der Waals surface area contributed by atoms with Gasteiger partial charge in [-0.1, -0.05) is 31.9 Å². The number of fused-ring (bicyclic) bond motifs is 2. The average molecular weight is 332 g/mol. The minimum atomic E-state index is -2.82. The highest BCUT2D eigenvalue weighted by atomic mass is 79.9. The molecule has 0 aliphatic carbocycles. The summed E-state index contributed by atoms with van der Waals surface area (Å²) in [4.78, 5) is 0.419. The van der Waals surface area contributed by atoms with Gasteiger partial charge in [-0.3, -0.25) is 0 Å². The minimum absolute atomic E-state index is 0.0555. The first-order chi connectivity index (χ1) is 6.03. The van der Waals surface area contributed by atoms with Gasteiger partial charge in [0.1, 0.15) is 0 Å². The van der Waals surface area contributed by atoms with E-state index >= 15 is 0 Å². The lowest BCUT2D eigenvalue weighted by Gasteiger charge is -2.19. The zero-order chi connectivity index (χ0) is 9.64. The molecule has 0 amide bonds. The van der Waals surface area contributed by atoms with Crippen molar-refractivity contribution < 1.29 is 8.42 Å².